The lowest BCUT2D eigenvalue weighted by molar-refractivity contribution is -0.0115. The lowest BCUT2D eigenvalue weighted by Gasteiger charge is -2.40. The Balaban J connectivity index is 2.56. The van der Waals surface area contributed by atoms with Crippen LogP contribution in [0.5, 0.6) is 0 Å². The molecule has 1 aliphatic rings. The highest BCUT2D eigenvalue weighted by Gasteiger charge is 2.36. The van der Waals surface area contributed by atoms with E-state index in [2.05, 4.69) is 20.8 Å². The smallest absolute Gasteiger partial charge is 0.239 e. The molecule has 1 saturated carbocycles. The maximum Gasteiger partial charge on any atom is 0.239 e. The van der Waals surface area contributed by atoms with E-state index < -0.39 is 12.5 Å². The molecule has 0 bridgehead atoms. The van der Waals surface area contributed by atoms with Gasteiger partial charge in [0.1, 0.15) is 0 Å². The summed E-state index contributed by atoms with van der Waals surface area (Å²) in [5.41, 5.74) is 0.167. The second-order valence-electron chi connectivity index (χ2n) is 5.83. The first-order chi connectivity index (χ1) is 6.80. The topological polar surface area (TPSA) is 20.2 Å². The van der Waals surface area contributed by atoms with Crippen LogP contribution in [0.4, 0.5) is 8.78 Å². The summed E-state index contributed by atoms with van der Waals surface area (Å²) in [5.74, 6) is 0.257. The summed E-state index contributed by atoms with van der Waals surface area (Å²) in [5, 5.41) is 9.67. The summed E-state index contributed by atoms with van der Waals surface area (Å²) in [6, 6.07) is 0. The van der Waals surface area contributed by atoms with Gasteiger partial charge in [-0.15, -0.1) is 0 Å². The van der Waals surface area contributed by atoms with Gasteiger partial charge in [-0.05, 0) is 36.5 Å². The van der Waals surface area contributed by atoms with Gasteiger partial charge in [0, 0.05) is 6.42 Å². The van der Waals surface area contributed by atoms with E-state index in [0.29, 0.717) is 12.3 Å². The van der Waals surface area contributed by atoms with Crippen molar-refractivity contribution in [3.05, 3.63) is 0 Å². The van der Waals surface area contributed by atoms with E-state index in [9.17, 15) is 13.9 Å². The SMILES string of the molecule is CC(C)(C)C1CCC(O)C(CC(F)F)C1. The van der Waals surface area contributed by atoms with Crippen molar-refractivity contribution < 1.29 is 13.9 Å². The van der Waals surface area contributed by atoms with Gasteiger partial charge in [0.05, 0.1) is 6.10 Å². The minimum absolute atomic E-state index is 0.145. The van der Waals surface area contributed by atoms with Gasteiger partial charge in [-0.2, -0.15) is 0 Å². The Morgan fingerprint density at radius 1 is 1.27 bits per heavy atom. The van der Waals surface area contributed by atoms with Crippen LogP contribution >= 0.6 is 0 Å². The van der Waals surface area contributed by atoms with Crippen molar-refractivity contribution in [3.63, 3.8) is 0 Å². The Morgan fingerprint density at radius 3 is 2.33 bits per heavy atom. The second kappa shape index (κ2) is 4.77. The number of halogens is 2. The lowest BCUT2D eigenvalue weighted by Crippen LogP contribution is -2.35. The van der Waals surface area contributed by atoms with Crippen LogP contribution in [0.15, 0.2) is 0 Å². The summed E-state index contributed by atoms with van der Waals surface area (Å²) in [7, 11) is 0. The van der Waals surface area contributed by atoms with Gasteiger partial charge in [0.15, 0.2) is 0 Å². The van der Waals surface area contributed by atoms with Crippen LogP contribution in [0.1, 0.15) is 46.5 Å². The van der Waals surface area contributed by atoms with Gasteiger partial charge >= 0.3 is 0 Å². The Labute approximate surface area is 90.9 Å². The Bertz CT molecular complexity index is 198. The average molecular weight is 220 g/mol. The fourth-order valence-corrected chi connectivity index (χ4v) is 2.52. The predicted octanol–water partition coefficient (Wildman–Crippen LogP) is 3.46. The van der Waals surface area contributed by atoms with Crippen LogP contribution in [0.3, 0.4) is 0 Å². The first-order valence-corrected chi connectivity index (χ1v) is 5.77. The van der Waals surface area contributed by atoms with E-state index in [-0.39, 0.29) is 17.8 Å². The molecule has 1 N–H and O–H groups in total. The van der Waals surface area contributed by atoms with Crippen LogP contribution in [0.2, 0.25) is 0 Å². The van der Waals surface area contributed by atoms with Crippen LogP contribution in [0, 0.1) is 17.3 Å². The maximum absolute atomic E-state index is 12.3. The molecule has 0 spiro atoms. The number of hydrogen-bond donors (Lipinski definition) is 1. The molecular formula is C12H22F2O. The third-order valence-electron chi connectivity index (χ3n) is 3.65. The molecule has 90 valence electrons. The standard InChI is InChI=1S/C12H22F2O/c1-12(2,3)9-4-5-10(15)8(6-9)7-11(13)14/h8-11,15H,4-7H2,1-3H3. The third kappa shape index (κ3) is 3.71. The molecule has 0 amide bonds. The fraction of sp³-hybridized carbons (Fsp3) is 1.00. The summed E-state index contributed by atoms with van der Waals surface area (Å²) in [6.07, 6.45) is -0.562. The van der Waals surface area contributed by atoms with Crippen LogP contribution in [-0.4, -0.2) is 17.6 Å². The largest absolute Gasteiger partial charge is 0.393 e. The van der Waals surface area contributed by atoms with Crippen LogP contribution in [0.25, 0.3) is 0 Å². The molecule has 0 saturated heterocycles. The van der Waals surface area contributed by atoms with Gasteiger partial charge in [0.2, 0.25) is 6.43 Å². The minimum Gasteiger partial charge on any atom is -0.393 e. The van der Waals surface area contributed by atoms with E-state index >= 15 is 0 Å². The quantitative estimate of drug-likeness (QED) is 0.755. The van der Waals surface area contributed by atoms with Crippen molar-refractivity contribution in [2.24, 2.45) is 17.3 Å². The van der Waals surface area contributed by atoms with E-state index in [4.69, 9.17) is 0 Å². The molecule has 3 heteroatoms. The van der Waals surface area contributed by atoms with Crippen molar-refractivity contribution >= 4 is 0 Å². The third-order valence-corrected chi connectivity index (χ3v) is 3.65. The fourth-order valence-electron chi connectivity index (χ4n) is 2.52. The second-order valence-corrected chi connectivity index (χ2v) is 5.83. The van der Waals surface area contributed by atoms with E-state index in [1.807, 2.05) is 0 Å². The maximum atomic E-state index is 12.3. The molecule has 0 aliphatic heterocycles. The summed E-state index contributed by atoms with van der Waals surface area (Å²) in [6.45, 7) is 6.44. The molecule has 1 nitrogen and oxygen atoms in total. The van der Waals surface area contributed by atoms with E-state index in [0.717, 1.165) is 12.8 Å². The number of aliphatic hydroxyl groups excluding tert-OH is 1. The zero-order valence-electron chi connectivity index (χ0n) is 9.84. The molecule has 15 heavy (non-hydrogen) atoms. The molecule has 3 atom stereocenters. The van der Waals surface area contributed by atoms with Crippen molar-refractivity contribution in [3.8, 4) is 0 Å². The van der Waals surface area contributed by atoms with E-state index in [1.165, 1.54) is 0 Å². The van der Waals surface area contributed by atoms with Crippen LogP contribution in [-0.2, 0) is 0 Å². The predicted molar refractivity (Wildman–Crippen MR) is 56.9 cm³/mol. The molecule has 3 unspecified atom stereocenters. The van der Waals surface area contributed by atoms with Crippen molar-refractivity contribution in [1.82, 2.24) is 0 Å². The average Bonchev–Trinajstić information content (AvgIpc) is 2.06. The number of hydrogen-bond acceptors (Lipinski definition) is 1. The monoisotopic (exact) mass is 220 g/mol. The van der Waals surface area contributed by atoms with Crippen molar-refractivity contribution in [2.45, 2.75) is 59.0 Å². The Morgan fingerprint density at radius 2 is 1.87 bits per heavy atom. The van der Waals surface area contributed by atoms with Gasteiger partial charge in [-0.1, -0.05) is 20.8 Å². The molecule has 0 aromatic carbocycles. The summed E-state index contributed by atoms with van der Waals surface area (Å²) in [4.78, 5) is 0. The zero-order valence-corrected chi connectivity index (χ0v) is 9.84. The molecule has 0 aromatic heterocycles. The molecular weight excluding hydrogens is 198 g/mol. The normalized spacial score (nSPS) is 33.4. The number of aliphatic hydroxyl groups is 1. The number of rotatable bonds is 2. The Kier molecular flexibility index (Phi) is 4.10. The first-order valence-electron chi connectivity index (χ1n) is 5.77. The van der Waals surface area contributed by atoms with Gasteiger partial charge in [-0.3, -0.25) is 0 Å². The van der Waals surface area contributed by atoms with Crippen molar-refractivity contribution in [2.75, 3.05) is 0 Å². The molecule has 1 fully saturated rings. The Hall–Kier alpha value is -0.180. The lowest BCUT2D eigenvalue weighted by atomic mass is 9.67. The minimum atomic E-state index is -2.29. The molecule has 0 heterocycles. The first kappa shape index (κ1) is 12.9. The van der Waals surface area contributed by atoms with E-state index in [1.54, 1.807) is 0 Å². The number of alkyl halides is 2. The van der Waals surface area contributed by atoms with Crippen molar-refractivity contribution in [1.29, 1.82) is 0 Å². The highest BCUT2D eigenvalue weighted by molar-refractivity contribution is 4.85. The highest BCUT2D eigenvalue weighted by Crippen LogP contribution is 2.41. The molecule has 1 rings (SSSR count). The molecule has 0 radical (unpaired) electrons. The highest BCUT2D eigenvalue weighted by atomic mass is 19.3. The molecule has 0 aromatic rings. The van der Waals surface area contributed by atoms with Gasteiger partial charge in [0.25, 0.3) is 0 Å². The van der Waals surface area contributed by atoms with Crippen LogP contribution < -0.4 is 0 Å². The molecule has 1 aliphatic carbocycles. The summed E-state index contributed by atoms with van der Waals surface area (Å²) < 4.78 is 24.6. The van der Waals surface area contributed by atoms with Gasteiger partial charge in [-0.25, -0.2) is 8.78 Å². The van der Waals surface area contributed by atoms with Gasteiger partial charge < -0.3 is 5.11 Å². The summed E-state index contributed by atoms with van der Waals surface area (Å²) >= 11 is 0. The zero-order chi connectivity index (χ0) is 11.6.